The standard InChI is InChI=1S/C11H14O4/c1-13-7-9-5-11-10(4-8(9)6-12)14-2-3-15-11/h4-5,12H,2-3,6-7H2,1H3. The molecular weight excluding hydrogens is 196 g/mol. The molecule has 0 saturated heterocycles. The Labute approximate surface area is 88.4 Å². The summed E-state index contributed by atoms with van der Waals surface area (Å²) in [6.07, 6.45) is 0. The third-order valence-corrected chi connectivity index (χ3v) is 2.33. The van der Waals surface area contributed by atoms with Crippen LogP contribution in [0.2, 0.25) is 0 Å². The second-order valence-corrected chi connectivity index (χ2v) is 3.36. The van der Waals surface area contributed by atoms with E-state index in [0.717, 1.165) is 16.9 Å². The summed E-state index contributed by atoms with van der Waals surface area (Å²) in [5.74, 6) is 1.43. The zero-order valence-electron chi connectivity index (χ0n) is 8.66. The maximum atomic E-state index is 9.19. The molecule has 1 aliphatic rings. The lowest BCUT2D eigenvalue weighted by Gasteiger charge is -2.20. The number of aliphatic hydroxyl groups excluding tert-OH is 1. The zero-order chi connectivity index (χ0) is 10.7. The summed E-state index contributed by atoms with van der Waals surface area (Å²) in [4.78, 5) is 0. The highest BCUT2D eigenvalue weighted by Crippen LogP contribution is 2.33. The minimum Gasteiger partial charge on any atom is -0.486 e. The van der Waals surface area contributed by atoms with Gasteiger partial charge in [-0.2, -0.15) is 0 Å². The third-order valence-electron chi connectivity index (χ3n) is 2.33. The van der Waals surface area contributed by atoms with Crippen LogP contribution >= 0.6 is 0 Å². The van der Waals surface area contributed by atoms with Crippen LogP contribution < -0.4 is 9.47 Å². The number of aliphatic hydroxyl groups is 1. The van der Waals surface area contributed by atoms with E-state index in [9.17, 15) is 5.11 Å². The van der Waals surface area contributed by atoms with Crippen molar-refractivity contribution < 1.29 is 19.3 Å². The predicted molar refractivity (Wildman–Crippen MR) is 54.1 cm³/mol. The molecule has 1 aliphatic heterocycles. The summed E-state index contributed by atoms with van der Waals surface area (Å²) in [5.41, 5.74) is 1.75. The minimum atomic E-state index is -0.0185. The molecule has 1 aromatic rings. The van der Waals surface area contributed by atoms with Gasteiger partial charge in [-0.15, -0.1) is 0 Å². The maximum Gasteiger partial charge on any atom is 0.161 e. The van der Waals surface area contributed by atoms with E-state index in [1.165, 1.54) is 0 Å². The molecule has 1 N–H and O–H groups in total. The van der Waals surface area contributed by atoms with Crippen molar-refractivity contribution in [3.8, 4) is 11.5 Å². The van der Waals surface area contributed by atoms with Gasteiger partial charge in [0, 0.05) is 7.11 Å². The molecule has 0 fully saturated rings. The monoisotopic (exact) mass is 210 g/mol. The lowest BCUT2D eigenvalue weighted by atomic mass is 10.1. The van der Waals surface area contributed by atoms with E-state index < -0.39 is 0 Å². The van der Waals surface area contributed by atoms with Crippen LogP contribution in [-0.2, 0) is 18.0 Å². The summed E-state index contributed by atoms with van der Waals surface area (Å²) in [7, 11) is 1.62. The molecule has 4 heteroatoms. The average molecular weight is 210 g/mol. The highest BCUT2D eigenvalue weighted by Gasteiger charge is 2.15. The van der Waals surface area contributed by atoms with Gasteiger partial charge >= 0.3 is 0 Å². The molecule has 0 unspecified atom stereocenters. The SMILES string of the molecule is COCc1cc2c(cc1CO)OCCO2. The predicted octanol–water partition coefficient (Wildman–Crippen LogP) is 1.10. The number of benzene rings is 1. The fraction of sp³-hybridized carbons (Fsp3) is 0.455. The second kappa shape index (κ2) is 4.51. The summed E-state index contributed by atoms with van der Waals surface area (Å²) >= 11 is 0. The van der Waals surface area contributed by atoms with Crippen LogP contribution in [0.25, 0.3) is 0 Å². The largest absolute Gasteiger partial charge is 0.486 e. The summed E-state index contributed by atoms with van der Waals surface area (Å²) in [6, 6.07) is 3.67. The van der Waals surface area contributed by atoms with Crippen molar-refractivity contribution in [2.75, 3.05) is 20.3 Å². The first-order valence-electron chi connectivity index (χ1n) is 4.86. The number of hydrogen-bond donors (Lipinski definition) is 1. The normalized spacial score (nSPS) is 14.0. The number of rotatable bonds is 3. The molecule has 0 atom stereocenters. The molecule has 1 heterocycles. The Balaban J connectivity index is 2.37. The van der Waals surface area contributed by atoms with Crippen LogP contribution in [0.15, 0.2) is 12.1 Å². The summed E-state index contributed by atoms with van der Waals surface area (Å²) in [5, 5.41) is 9.19. The first-order chi connectivity index (χ1) is 7.35. The Morgan fingerprint density at radius 2 is 1.80 bits per heavy atom. The molecule has 0 saturated carbocycles. The van der Waals surface area contributed by atoms with Crippen molar-refractivity contribution in [2.45, 2.75) is 13.2 Å². The Hall–Kier alpha value is -1.26. The number of hydrogen-bond acceptors (Lipinski definition) is 4. The topological polar surface area (TPSA) is 47.9 Å². The van der Waals surface area contributed by atoms with Gasteiger partial charge in [0.2, 0.25) is 0 Å². The van der Waals surface area contributed by atoms with Gasteiger partial charge in [-0.25, -0.2) is 0 Å². The van der Waals surface area contributed by atoms with Crippen molar-refractivity contribution in [1.82, 2.24) is 0 Å². The lowest BCUT2D eigenvalue weighted by Crippen LogP contribution is -2.16. The van der Waals surface area contributed by atoms with E-state index in [4.69, 9.17) is 14.2 Å². The highest BCUT2D eigenvalue weighted by molar-refractivity contribution is 5.47. The van der Waals surface area contributed by atoms with E-state index in [1.54, 1.807) is 7.11 Å². The molecule has 4 nitrogen and oxygen atoms in total. The van der Waals surface area contributed by atoms with E-state index in [1.807, 2.05) is 12.1 Å². The molecule has 0 aliphatic carbocycles. The van der Waals surface area contributed by atoms with Crippen molar-refractivity contribution in [2.24, 2.45) is 0 Å². The molecule has 0 bridgehead atoms. The molecular formula is C11H14O4. The van der Waals surface area contributed by atoms with Gasteiger partial charge in [-0.3, -0.25) is 0 Å². The van der Waals surface area contributed by atoms with Crippen LogP contribution in [0.3, 0.4) is 0 Å². The molecule has 0 spiro atoms. The van der Waals surface area contributed by atoms with Crippen molar-refractivity contribution >= 4 is 0 Å². The number of ether oxygens (including phenoxy) is 3. The smallest absolute Gasteiger partial charge is 0.161 e. The Morgan fingerprint density at radius 1 is 1.20 bits per heavy atom. The van der Waals surface area contributed by atoms with Crippen molar-refractivity contribution in [3.63, 3.8) is 0 Å². The second-order valence-electron chi connectivity index (χ2n) is 3.36. The molecule has 2 rings (SSSR count). The van der Waals surface area contributed by atoms with Gasteiger partial charge in [0.05, 0.1) is 13.2 Å². The van der Waals surface area contributed by atoms with E-state index in [2.05, 4.69) is 0 Å². The zero-order valence-corrected chi connectivity index (χ0v) is 8.66. The van der Waals surface area contributed by atoms with Crippen LogP contribution in [0.4, 0.5) is 0 Å². The fourth-order valence-corrected chi connectivity index (χ4v) is 1.61. The average Bonchev–Trinajstić information content (AvgIpc) is 2.28. The number of fused-ring (bicyclic) bond motifs is 1. The van der Waals surface area contributed by atoms with Crippen LogP contribution in [0, 0.1) is 0 Å². The Kier molecular flexibility index (Phi) is 3.08. The van der Waals surface area contributed by atoms with Gasteiger partial charge in [0.25, 0.3) is 0 Å². The third kappa shape index (κ3) is 2.06. The molecule has 1 aromatic carbocycles. The molecule has 82 valence electrons. The van der Waals surface area contributed by atoms with Gasteiger partial charge in [-0.05, 0) is 23.3 Å². The maximum absolute atomic E-state index is 9.19. The van der Waals surface area contributed by atoms with Gasteiger partial charge in [0.15, 0.2) is 11.5 Å². The number of methoxy groups -OCH3 is 1. The van der Waals surface area contributed by atoms with Crippen LogP contribution in [-0.4, -0.2) is 25.4 Å². The summed E-state index contributed by atoms with van der Waals surface area (Å²) in [6.45, 7) is 1.57. The van der Waals surface area contributed by atoms with E-state index >= 15 is 0 Å². The fourth-order valence-electron chi connectivity index (χ4n) is 1.61. The van der Waals surface area contributed by atoms with Gasteiger partial charge in [0.1, 0.15) is 13.2 Å². The lowest BCUT2D eigenvalue weighted by molar-refractivity contribution is 0.165. The van der Waals surface area contributed by atoms with E-state index in [-0.39, 0.29) is 6.61 Å². The van der Waals surface area contributed by atoms with Crippen LogP contribution in [0.1, 0.15) is 11.1 Å². The minimum absolute atomic E-state index is 0.0185. The van der Waals surface area contributed by atoms with Crippen molar-refractivity contribution in [3.05, 3.63) is 23.3 Å². The van der Waals surface area contributed by atoms with Gasteiger partial charge < -0.3 is 19.3 Å². The first kappa shape index (κ1) is 10.3. The van der Waals surface area contributed by atoms with Crippen molar-refractivity contribution in [1.29, 1.82) is 0 Å². The molecule has 0 aromatic heterocycles. The van der Waals surface area contributed by atoms with E-state index in [0.29, 0.717) is 25.6 Å². The molecule has 0 radical (unpaired) electrons. The Morgan fingerprint density at radius 3 is 2.33 bits per heavy atom. The highest BCUT2D eigenvalue weighted by atomic mass is 16.6. The van der Waals surface area contributed by atoms with Crippen LogP contribution in [0.5, 0.6) is 11.5 Å². The van der Waals surface area contributed by atoms with Gasteiger partial charge in [-0.1, -0.05) is 0 Å². The Bertz CT molecular complexity index is 349. The molecule has 15 heavy (non-hydrogen) atoms. The quantitative estimate of drug-likeness (QED) is 0.811. The first-order valence-corrected chi connectivity index (χ1v) is 4.86. The molecule has 0 amide bonds. The summed E-state index contributed by atoms with van der Waals surface area (Å²) < 4.78 is 15.9.